The van der Waals surface area contributed by atoms with Crippen molar-refractivity contribution in [1.29, 1.82) is 0 Å². The Kier molecular flexibility index (Phi) is 7.25. The molecule has 6 heteroatoms. The molecule has 28 heavy (non-hydrogen) atoms. The Morgan fingerprint density at radius 3 is 2.57 bits per heavy atom. The maximum atomic E-state index is 5.87. The van der Waals surface area contributed by atoms with E-state index in [0.29, 0.717) is 12.6 Å². The zero-order valence-corrected chi connectivity index (χ0v) is 16.9. The number of benzene rings is 1. The molecule has 0 atom stereocenters. The lowest BCUT2D eigenvalue weighted by atomic mass is 10.1. The van der Waals surface area contributed by atoms with Crippen molar-refractivity contribution in [1.82, 2.24) is 14.9 Å². The molecule has 1 aromatic carbocycles. The smallest absolute Gasteiger partial charge is 0.316 e. The largest absolute Gasteiger partial charge is 0.493 e. The SMILES string of the molecule is COc1cc(CN2CCC(Oc3ncccn3)CC2)ccc1OCC=C(C)C. The Balaban J connectivity index is 1.51. The highest BCUT2D eigenvalue weighted by molar-refractivity contribution is 5.43. The summed E-state index contributed by atoms with van der Waals surface area (Å²) in [6, 6.07) is 8.44. The number of aromatic nitrogens is 2. The summed E-state index contributed by atoms with van der Waals surface area (Å²) in [5, 5.41) is 0. The first-order valence-corrected chi connectivity index (χ1v) is 9.73. The molecule has 6 nitrogen and oxygen atoms in total. The number of methoxy groups -OCH3 is 1. The van der Waals surface area contributed by atoms with Gasteiger partial charge in [-0.1, -0.05) is 11.6 Å². The first kappa shape index (κ1) is 20.1. The van der Waals surface area contributed by atoms with Crippen LogP contribution in [0.25, 0.3) is 0 Å². The zero-order valence-electron chi connectivity index (χ0n) is 16.9. The van der Waals surface area contributed by atoms with Crippen molar-refractivity contribution in [3.05, 3.63) is 53.9 Å². The van der Waals surface area contributed by atoms with Crippen LogP contribution in [-0.4, -0.2) is 47.8 Å². The lowest BCUT2D eigenvalue weighted by molar-refractivity contribution is 0.0892. The van der Waals surface area contributed by atoms with Gasteiger partial charge in [-0.05, 0) is 56.5 Å². The molecule has 2 heterocycles. The summed E-state index contributed by atoms with van der Waals surface area (Å²) in [6.07, 6.45) is 7.59. The van der Waals surface area contributed by atoms with E-state index in [2.05, 4.69) is 46.9 Å². The van der Waals surface area contributed by atoms with E-state index < -0.39 is 0 Å². The molecule has 1 aliphatic heterocycles. The van der Waals surface area contributed by atoms with Crippen molar-refractivity contribution in [3.63, 3.8) is 0 Å². The van der Waals surface area contributed by atoms with Crippen LogP contribution in [0, 0.1) is 0 Å². The van der Waals surface area contributed by atoms with Crippen molar-refractivity contribution in [2.24, 2.45) is 0 Å². The van der Waals surface area contributed by atoms with Gasteiger partial charge in [-0.2, -0.15) is 0 Å². The van der Waals surface area contributed by atoms with Crippen molar-refractivity contribution in [3.8, 4) is 17.5 Å². The number of ether oxygens (including phenoxy) is 3. The number of piperidine rings is 1. The standard InChI is InChI=1S/C22H29N3O3/c1-17(2)9-14-27-20-6-5-18(15-21(20)26-3)16-25-12-7-19(8-13-25)28-22-23-10-4-11-24-22/h4-6,9-11,15,19H,7-8,12-14,16H2,1-3H3. The Bertz CT molecular complexity index is 768. The topological polar surface area (TPSA) is 56.7 Å². The molecule has 0 aliphatic carbocycles. The fourth-order valence-corrected chi connectivity index (χ4v) is 3.17. The lowest BCUT2D eigenvalue weighted by Gasteiger charge is -2.31. The summed E-state index contributed by atoms with van der Waals surface area (Å²) in [5.41, 5.74) is 2.46. The number of hydrogen-bond donors (Lipinski definition) is 0. The molecule has 0 bridgehead atoms. The first-order chi connectivity index (χ1) is 13.6. The van der Waals surface area contributed by atoms with Gasteiger partial charge in [-0.3, -0.25) is 4.90 Å². The van der Waals surface area contributed by atoms with Gasteiger partial charge in [0, 0.05) is 32.0 Å². The van der Waals surface area contributed by atoms with E-state index in [1.165, 1.54) is 11.1 Å². The van der Waals surface area contributed by atoms with Gasteiger partial charge in [0.25, 0.3) is 0 Å². The van der Waals surface area contributed by atoms with Crippen LogP contribution in [0.4, 0.5) is 0 Å². The lowest BCUT2D eigenvalue weighted by Crippen LogP contribution is -2.38. The molecule has 150 valence electrons. The second-order valence-corrected chi connectivity index (χ2v) is 7.20. The number of likely N-dealkylation sites (tertiary alicyclic amines) is 1. The van der Waals surface area contributed by atoms with Gasteiger partial charge in [0.15, 0.2) is 11.5 Å². The third-order valence-corrected chi connectivity index (χ3v) is 4.71. The second-order valence-electron chi connectivity index (χ2n) is 7.20. The molecule has 3 rings (SSSR count). The monoisotopic (exact) mass is 383 g/mol. The summed E-state index contributed by atoms with van der Waals surface area (Å²) in [4.78, 5) is 10.7. The van der Waals surface area contributed by atoms with Crippen LogP contribution in [0.2, 0.25) is 0 Å². The van der Waals surface area contributed by atoms with Crippen LogP contribution in [0.3, 0.4) is 0 Å². The van der Waals surface area contributed by atoms with E-state index in [1.807, 2.05) is 6.07 Å². The summed E-state index contributed by atoms with van der Waals surface area (Å²) in [6.45, 7) is 7.53. The normalized spacial score (nSPS) is 15.1. The third-order valence-electron chi connectivity index (χ3n) is 4.71. The zero-order chi connectivity index (χ0) is 19.8. The van der Waals surface area contributed by atoms with Crippen LogP contribution in [-0.2, 0) is 6.54 Å². The Labute approximate surface area is 167 Å². The minimum atomic E-state index is 0.180. The molecule has 0 amide bonds. The molecule has 1 aromatic heterocycles. The summed E-state index contributed by atoms with van der Waals surface area (Å²) < 4.78 is 17.2. The summed E-state index contributed by atoms with van der Waals surface area (Å²) >= 11 is 0. The average Bonchev–Trinajstić information content (AvgIpc) is 2.71. The number of nitrogens with zero attached hydrogens (tertiary/aromatic N) is 3. The molecule has 0 N–H and O–H groups in total. The minimum Gasteiger partial charge on any atom is -0.493 e. The fourth-order valence-electron chi connectivity index (χ4n) is 3.17. The van der Waals surface area contributed by atoms with E-state index >= 15 is 0 Å². The molecule has 0 saturated carbocycles. The molecular weight excluding hydrogens is 354 g/mol. The van der Waals surface area contributed by atoms with Crippen molar-refractivity contribution in [2.45, 2.75) is 39.3 Å². The molecule has 1 saturated heterocycles. The van der Waals surface area contributed by atoms with Crippen molar-refractivity contribution < 1.29 is 14.2 Å². The average molecular weight is 383 g/mol. The van der Waals surface area contributed by atoms with Gasteiger partial charge < -0.3 is 14.2 Å². The number of rotatable bonds is 8. The Morgan fingerprint density at radius 1 is 1.14 bits per heavy atom. The molecule has 1 fully saturated rings. The van der Waals surface area contributed by atoms with Crippen LogP contribution in [0.5, 0.6) is 17.5 Å². The van der Waals surface area contributed by atoms with Gasteiger partial charge >= 0.3 is 6.01 Å². The maximum Gasteiger partial charge on any atom is 0.316 e. The van der Waals surface area contributed by atoms with E-state index in [0.717, 1.165) is 44.0 Å². The Morgan fingerprint density at radius 2 is 1.89 bits per heavy atom. The molecule has 0 spiro atoms. The van der Waals surface area contributed by atoms with Gasteiger partial charge in [-0.15, -0.1) is 0 Å². The third kappa shape index (κ3) is 5.96. The van der Waals surface area contributed by atoms with Crippen LogP contribution >= 0.6 is 0 Å². The van der Waals surface area contributed by atoms with Crippen LogP contribution in [0.15, 0.2) is 48.3 Å². The Hall–Kier alpha value is -2.60. The minimum absolute atomic E-state index is 0.180. The predicted molar refractivity (Wildman–Crippen MR) is 109 cm³/mol. The van der Waals surface area contributed by atoms with Gasteiger partial charge in [0.05, 0.1) is 7.11 Å². The van der Waals surface area contributed by atoms with Crippen molar-refractivity contribution in [2.75, 3.05) is 26.8 Å². The fraction of sp³-hybridized carbons (Fsp3) is 0.455. The van der Waals surface area contributed by atoms with Gasteiger partial charge in [-0.25, -0.2) is 9.97 Å². The molecule has 1 aliphatic rings. The number of hydrogen-bond acceptors (Lipinski definition) is 6. The second kappa shape index (κ2) is 10.1. The van der Waals surface area contributed by atoms with Crippen LogP contribution in [0.1, 0.15) is 32.3 Å². The summed E-state index contributed by atoms with van der Waals surface area (Å²) in [5.74, 6) is 1.55. The van der Waals surface area contributed by atoms with E-state index in [1.54, 1.807) is 25.6 Å². The summed E-state index contributed by atoms with van der Waals surface area (Å²) in [7, 11) is 1.68. The maximum absolute atomic E-state index is 5.87. The molecular formula is C22H29N3O3. The molecule has 0 unspecified atom stereocenters. The van der Waals surface area contributed by atoms with E-state index in [-0.39, 0.29) is 6.10 Å². The highest BCUT2D eigenvalue weighted by Crippen LogP contribution is 2.29. The highest BCUT2D eigenvalue weighted by atomic mass is 16.5. The number of allylic oxidation sites excluding steroid dienone is 1. The quantitative estimate of drug-likeness (QED) is 0.645. The highest BCUT2D eigenvalue weighted by Gasteiger charge is 2.21. The predicted octanol–water partition coefficient (Wildman–Crippen LogP) is 3.87. The molecule has 2 aromatic rings. The van der Waals surface area contributed by atoms with Crippen molar-refractivity contribution >= 4 is 0 Å². The first-order valence-electron chi connectivity index (χ1n) is 9.73. The van der Waals surface area contributed by atoms with E-state index in [9.17, 15) is 0 Å². The van der Waals surface area contributed by atoms with Crippen LogP contribution < -0.4 is 14.2 Å². The van der Waals surface area contributed by atoms with Gasteiger partial charge in [0.2, 0.25) is 0 Å². The molecule has 0 radical (unpaired) electrons. The van der Waals surface area contributed by atoms with E-state index in [4.69, 9.17) is 14.2 Å². The van der Waals surface area contributed by atoms with Gasteiger partial charge in [0.1, 0.15) is 12.7 Å².